The highest BCUT2D eigenvalue weighted by molar-refractivity contribution is 7.12. The molecule has 0 bridgehead atoms. The molecule has 1 aliphatic carbocycles. The summed E-state index contributed by atoms with van der Waals surface area (Å²) >= 11 is 1.41. The van der Waals surface area contributed by atoms with Crippen molar-refractivity contribution in [2.75, 3.05) is 0 Å². The summed E-state index contributed by atoms with van der Waals surface area (Å²) in [5, 5.41) is 8.95. The van der Waals surface area contributed by atoms with Crippen molar-refractivity contribution in [2.45, 2.75) is 51.1 Å². The fourth-order valence-electron chi connectivity index (χ4n) is 2.93. The van der Waals surface area contributed by atoms with Crippen LogP contribution in [0.3, 0.4) is 0 Å². The van der Waals surface area contributed by atoms with Crippen molar-refractivity contribution in [2.24, 2.45) is 11.7 Å². The summed E-state index contributed by atoms with van der Waals surface area (Å²) in [4.78, 5) is 17.5. The molecule has 1 unspecified atom stereocenters. The van der Waals surface area contributed by atoms with E-state index in [1.165, 1.54) is 11.3 Å². The third-order valence-electron chi connectivity index (χ3n) is 4.35. The molecule has 3 rings (SSSR count). The molecule has 0 spiro atoms. The number of carbonyl (C=O) groups excluding carboxylic acids is 1. The van der Waals surface area contributed by atoms with Gasteiger partial charge < -0.3 is 15.6 Å². The Morgan fingerprint density at radius 2 is 2.12 bits per heavy atom. The molecule has 1 amide bonds. The minimum Gasteiger partial charge on any atom is -0.339 e. The van der Waals surface area contributed by atoms with Crippen molar-refractivity contribution in [1.29, 1.82) is 0 Å². The van der Waals surface area contributed by atoms with Crippen LogP contribution in [0.5, 0.6) is 0 Å². The highest BCUT2D eigenvalue weighted by Crippen LogP contribution is 2.35. The first-order chi connectivity index (χ1) is 11.0. The Labute approximate surface area is 151 Å². The largest absolute Gasteiger partial charge is 0.339 e. The van der Waals surface area contributed by atoms with E-state index in [0.717, 1.165) is 25.7 Å². The van der Waals surface area contributed by atoms with E-state index in [2.05, 4.69) is 15.5 Å². The topological polar surface area (TPSA) is 94.0 Å². The highest BCUT2D eigenvalue weighted by atomic mass is 35.5. The minimum absolute atomic E-state index is 0. The number of nitrogens with one attached hydrogen (secondary N) is 1. The average molecular weight is 371 g/mol. The van der Waals surface area contributed by atoms with Gasteiger partial charge in [0.2, 0.25) is 5.89 Å². The number of carbonyl (C=O) groups is 1. The standard InChI is InChI=1S/C16H22N4O2S.ClH/c1-10(2)12(18-13(21)11-6-5-9-23-11)14-19-15(20-22-14)16(17)7-3-4-8-16;/h5-6,9-10,12H,3-4,7-8,17H2,1-2H3,(H,18,21);1H. The summed E-state index contributed by atoms with van der Waals surface area (Å²) in [5.41, 5.74) is 5.89. The molecule has 3 N–H and O–H groups in total. The van der Waals surface area contributed by atoms with Gasteiger partial charge in [0.15, 0.2) is 5.82 Å². The molecule has 6 nitrogen and oxygen atoms in total. The number of amides is 1. The molecule has 0 aliphatic heterocycles. The molecule has 24 heavy (non-hydrogen) atoms. The lowest BCUT2D eigenvalue weighted by Gasteiger charge is -2.19. The van der Waals surface area contributed by atoms with E-state index in [9.17, 15) is 4.79 Å². The average Bonchev–Trinajstić information content (AvgIpc) is 3.25. The molecule has 2 heterocycles. The fourth-order valence-corrected chi connectivity index (χ4v) is 3.55. The van der Waals surface area contributed by atoms with Gasteiger partial charge in [-0.15, -0.1) is 23.7 Å². The molecule has 1 aliphatic rings. The second kappa shape index (κ2) is 7.63. The van der Waals surface area contributed by atoms with Crippen LogP contribution in [0.15, 0.2) is 22.0 Å². The second-order valence-electron chi connectivity index (χ2n) is 6.49. The molecule has 1 atom stereocenters. The third kappa shape index (κ3) is 3.79. The van der Waals surface area contributed by atoms with E-state index >= 15 is 0 Å². The van der Waals surface area contributed by atoms with Gasteiger partial charge >= 0.3 is 0 Å². The van der Waals surface area contributed by atoms with Gasteiger partial charge in [0.1, 0.15) is 6.04 Å². The van der Waals surface area contributed by atoms with Crippen LogP contribution in [-0.4, -0.2) is 16.0 Å². The summed E-state index contributed by atoms with van der Waals surface area (Å²) in [6, 6.07) is 3.33. The first-order valence-electron chi connectivity index (χ1n) is 7.97. The van der Waals surface area contributed by atoms with E-state index in [-0.39, 0.29) is 30.3 Å². The van der Waals surface area contributed by atoms with E-state index in [4.69, 9.17) is 10.3 Å². The van der Waals surface area contributed by atoms with Crippen molar-refractivity contribution >= 4 is 29.7 Å². The first-order valence-corrected chi connectivity index (χ1v) is 8.85. The number of aromatic nitrogens is 2. The lowest BCUT2D eigenvalue weighted by Crippen LogP contribution is -2.35. The monoisotopic (exact) mass is 370 g/mol. The van der Waals surface area contributed by atoms with Gasteiger partial charge in [-0.1, -0.05) is 37.9 Å². The first kappa shape index (κ1) is 18.9. The van der Waals surface area contributed by atoms with E-state index in [1.54, 1.807) is 6.07 Å². The molecule has 0 radical (unpaired) electrons. The quantitative estimate of drug-likeness (QED) is 0.841. The number of rotatable bonds is 5. The molecule has 1 fully saturated rings. The normalized spacial score (nSPS) is 17.5. The molecular weight excluding hydrogens is 348 g/mol. The minimum atomic E-state index is -0.485. The Morgan fingerprint density at radius 3 is 2.71 bits per heavy atom. The van der Waals surface area contributed by atoms with Gasteiger partial charge in [-0.2, -0.15) is 4.98 Å². The zero-order valence-electron chi connectivity index (χ0n) is 13.8. The maximum Gasteiger partial charge on any atom is 0.262 e. The highest BCUT2D eigenvalue weighted by Gasteiger charge is 2.37. The van der Waals surface area contributed by atoms with E-state index in [0.29, 0.717) is 16.6 Å². The number of halogens is 1. The predicted octanol–water partition coefficient (Wildman–Crippen LogP) is 3.41. The molecule has 132 valence electrons. The van der Waals surface area contributed by atoms with Crippen LogP contribution in [0.25, 0.3) is 0 Å². The lowest BCUT2D eigenvalue weighted by atomic mass is 9.98. The van der Waals surface area contributed by atoms with Crippen molar-refractivity contribution in [3.8, 4) is 0 Å². The maximum atomic E-state index is 12.3. The van der Waals surface area contributed by atoms with Crippen LogP contribution in [0.2, 0.25) is 0 Å². The Kier molecular flexibility index (Phi) is 6.01. The number of thiophene rings is 1. The molecule has 0 saturated heterocycles. The summed E-state index contributed by atoms with van der Waals surface area (Å²) in [5.74, 6) is 0.990. The molecular formula is C16H23ClN4O2S. The van der Waals surface area contributed by atoms with Crippen LogP contribution < -0.4 is 11.1 Å². The van der Waals surface area contributed by atoms with Gasteiger partial charge in [0.05, 0.1) is 10.4 Å². The van der Waals surface area contributed by atoms with Crippen molar-refractivity contribution < 1.29 is 9.32 Å². The lowest BCUT2D eigenvalue weighted by molar-refractivity contribution is 0.0918. The van der Waals surface area contributed by atoms with Crippen LogP contribution >= 0.6 is 23.7 Å². The van der Waals surface area contributed by atoms with Crippen molar-refractivity contribution in [1.82, 2.24) is 15.5 Å². The number of nitrogens with two attached hydrogens (primary N) is 1. The fraction of sp³-hybridized carbons (Fsp3) is 0.562. The molecule has 8 heteroatoms. The Bertz CT molecular complexity index is 665. The summed E-state index contributed by atoms with van der Waals surface area (Å²) in [6.07, 6.45) is 3.92. The smallest absolute Gasteiger partial charge is 0.262 e. The van der Waals surface area contributed by atoms with Crippen LogP contribution in [-0.2, 0) is 5.54 Å². The maximum absolute atomic E-state index is 12.3. The Hall–Kier alpha value is -1.44. The van der Waals surface area contributed by atoms with Crippen LogP contribution in [0.4, 0.5) is 0 Å². The number of nitrogens with zero attached hydrogens (tertiary/aromatic N) is 2. The predicted molar refractivity (Wildman–Crippen MR) is 95.2 cm³/mol. The second-order valence-corrected chi connectivity index (χ2v) is 7.44. The number of hydrogen-bond acceptors (Lipinski definition) is 6. The van der Waals surface area contributed by atoms with Crippen LogP contribution in [0.1, 0.15) is 67.0 Å². The Morgan fingerprint density at radius 1 is 1.42 bits per heavy atom. The van der Waals surface area contributed by atoms with Crippen molar-refractivity contribution in [3.05, 3.63) is 34.1 Å². The summed E-state index contributed by atoms with van der Waals surface area (Å²) in [6.45, 7) is 4.02. The summed E-state index contributed by atoms with van der Waals surface area (Å²) < 4.78 is 5.43. The molecule has 1 saturated carbocycles. The zero-order chi connectivity index (χ0) is 16.4. The van der Waals surface area contributed by atoms with Crippen LogP contribution in [0, 0.1) is 5.92 Å². The van der Waals surface area contributed by atoms with E-state index < -0.39 is 5.54 Å². The van der Waals surface area contributed by atoms with Gasteiger partial charge in [-0.3, -0.25) is 4.79 Å². The van der Waals surface area contributed by atoms with Gasteiger partial charge in [-0.05, 0) is 30.2 Å². The third-order valence-corrected chi connectivity index (χ3v) is 5.22. The Balaban J connectivity index is 0.00000208. The van der Waals surface area contributed by atoms with Gasteiger partial charge in [-0.25, -0.2) is 0 Å². The van der Waals surface area contributed by atoms with Gasteiger partial charge in [0.25, 0.3) is 5.91 Å². The van der Waals surface area contributed by atoms with Gasteiger partial charge in [0, 0.05) is 0 Å². The van der Waals surface area contributed by atoms with Crippen molar-refractivity contribution in [3.63, 3.8) is 0 Å². The molecule has 2 aromatic heterocycles. The SMILES string of the molecule is CC(C)C(NC(=O)c1cccs1)c1nc(C2(N)CCCC2)no1.Cl. The molecule has 2 aromatic rings. The summed E-state index contributed by atoms with van der Waals surface area (Å²) in [7, 11) is 0. The number of hydrogen-bond donors (Lipinski definition) is 2. The molecule has 0 aromatic carbocycles. The zero-order valence-corrected chi connectivity index (χ0v) is 15.5. The van der Waals surface area contributed by atoms with E-state index in [1.807, 2.05) is 25.3 Å².